The van der Waals surface area contributed by atoms with E-state index < -0.39 is 28.1 Å². The Bertz CT molecular complexity index is 1500. The molecule has 5 N–H and O–H groups in total. The average Bonchev–Trinajstić information content (AvgIpc) is 3.45. The van der Waals surface area contributed by atoms with Crippen LogP contribution in [-0.4, -0.2) is 66.3 Å². The molecule has 3 heterocycles. The van der Waals surface area contributed by atoms with Gasteiger partial charge in [-0.05, 0) is 91.3 Å². The fraction of sp³-hybridized carbons (Fsp3) is 0.481. The Morgan fingerprint density at radius 2 is 1.80 bits per heavy atom. The Labute approximate surface area is 240 Å². The fourth-order valence-electron chi connectivity index (χ4n) is 4.93. The maximum Gasteiger partial charge on any atom is 0.490 e. The van der Waals surface area contributed by atoms with Gasteiger partial charge in [0.25, 0.3) is 5.91 Å². The van der Waals surface area contributed by atoms with Crippen LogP contribution in [0.4, 0.5) is 13.2 Å². The number of thiophene rings is 1. The number of carbonyl (C=O) groups is 2. The predicted octanol–water partition coefficient (Wildman–Crippen LogP) is 4.66. The highest BCUT2D eigenvalue weighted by Crippen LogP contribution is 2.38. The molecule has 2 fully saturated rings. The van der Waals surface area contributed by atoms with E-state index in [9.17, 15) is 26.4 Å². The van der Waals surface area contributed by atoms with Crippen LogP contribution < -0.4 is 11.1 Å². The van der Waals surface area contributed by atoms with Crippen molar-refractivity contribution in [2.75, 3.05) is 25.4 Å². The van der Waals surface area contributed by atoms with E-state index in [0.717, 1.165) is 59.4 Å². The van der Waals surface area contributed by atoms with Gasteiger partial charge in [0.05, 0.1) is 16.8 Å². The Hall–Kier alpha value is -2.94. The van der Waals surface area contributed by atoms with Gasteiger partial charge in [0.15, 0.2) is 0 Å². The number of carboxylic acids is 1. The summed E-state index contributed by atoms with van der Waals surface area (Å²) < 4.78 is 57.8. The number of hydrogen-bond donors (Lipinski definition) is 4. The van der Waals surface area contributed by atoms with E-state index in [1.807, 2.05) is 12.3 Å². The van der Waals surface area contributed by atoms with E-state index in [0.29, 0.717) is 18.7 Å². The van der Waals surface area contributed by atoms with Crippen molar-refractivity contribution >= 4 is 44.1 Å². The third-order valence-electron chi connectivity index (χ3n) is 7.40. The van der Waals surface area contributed by atoms with Gasteiger partial charge in [-0.1, -0.05) is 0 Å². The van der Waals surface area contributed by atoms with Crippen LogP contribution in [0.15, 0.2) is 29.8 Å². The summed E-state index contributed by atoms with van der Waals surface area (Å²) in [6.45, 7) is 4.68. The summed E-state index contributed by atoms with van der Waals surface area (Å²) in [4.78, 5) is 25.8. The van der Waals surface area contributed by atoms with Gasteiger partial charge in [0.2, 0.25) is 10.0 Å². The molecular weight excluding hydrogens is 581 g/mol. The molecule has 1 aliphatic carbocycles. The van der Waals surface area contributed by atoms with Crippen LogP contribution in [-0.2, 0) is 21.4 Å². The third kappa shape index (κ3) is 7.67. The molecule has 1 saturated carbocycles. The van der Waals surface area contributed by atoms with Crippen LogP contribution in [0.2, 0.25) is 0 Å². The number of aliphatic carboxylic acids is 1. The van der Waals surface area contributed by atoms with E-state index in [-0.39, 0.29) is 11.7 Å². The summed E-state index contributed by atoms with van der Waals surface area (Å²) in [5.41, 5.74) is 10.2. The number of hydrogen-bond acceptors (Lipinski definition) is 6. The van der Waals surface area contributed by atoms with Crippen LogP contribution in [0.25, 0.3) is 22.0 Å². The number of alkyl halides is 3. The molecule has 3 aromatic rings. The molecule has 1 saturated heterocycles. The van der Waals surface area contributed by atoms with Crippen molar-refractivity contribution < 1.29 is 36.3 Å². The average molecular weight is 615 g/mol. The van der Waals surface area contributed by atoms with E-state index in [1.54, 1.807) is 22.6 Å². The number of amides is 1. The molecule has 1 aromatic carbocycles. The van der Waals surface area contributed by atoms with Crippen LogP contribution >= 0.6 is 11.3 Å². The smallest absolute Gasteiger partial charge is 0.475 e. The van der Waals surface area contributed by atoms with Gasteiger partial charge in [0.1, 0.15) is 0 Å². The Balaban J connectivity index is 0.000000493. The summed E-state index contributed by atoms with van der Waals surface area (Å²) in [5, 5.41) is 13.8. The fourth-order valence-corrected chi connectivity index (χ4v) is 6.92. The molecule has 0 radical (unpaired) electrons. The van der Waals surface area contributed by atoms with Gasteiger partial charge < -0.3 is 21.1 Å². The molecule has 2 aliphatic rings. The maximum absolute atomic E-state index is 12.3. The van der Waals surface area contributed by atoms with Crippen molar-refractivity contribution in [2.45, 2.75) is 51.2 Å². The number of nitrogens with two attached hydrogens (primary N) is 1. The van der Waals surface area contributed by atoms with Crippen molar-refractivity contribution in [3.63, 3.8) is 0 Å². The number of piperidine rings is 1. The summed E-state index contributed by atoms with van der Waals surface area (Å²) in [5.74, 6) is -1.99. The number of fused-ring (bicyclic) bond motifs is 1. The number of benzene rings is 1. The van der Waals surface area contributed by atoms with Crippen LogP contribution in [0, 0.1) is 5.92 Å². The monoisotopic (exact) mass is 614 g/mol. The summed E-state index contributed by atoms with van der Waals surface area (Å²) in [6.07, 6.45) is 1.08. The lowest BCUT2D eigenvalue weighted by Gasteiger charge is -2.31. The minimum Gasteiger partial charge on any atom is -0.475 e. The summed E-state index contributed by atoms with van der Waals surface area (Å²) >= 11 is 1.73. The first-order chi connectivity index (χ1) is 19.3. The van der Waals surface area contributed by atoms with Crippen molar-refractivity contribution in [3.05, 3.63) is 45.8 Å². The normalized spacial score (nSPS) is 16.9. The maximum atomic E-state index is 12.3. The quantitative estimate of drug-likeness (QED) is 0.276. The molecule has 2 aromatic heterocycles. The second kappa shape index (κ2) is 12.5. The molecule has 41 heavy (non-hydrogen) atoms. The summed E-state index contributed by atoms with van der Waals surface area (Å²) in [7, 11) is -3.16. The molecule has 9 nitrogen and oxygen atoms in total. The van der Waals surface area contributed by atoms with Crippen molar-refractivity contribution in [3.8, 4) is 11.1 Å². The first-order valence-corrected chi connectivity index (χ1v) is 15.8. The lowest BCUT2D eigenvalue weighted by Crippen LogP contribution is -2.38. The van der Waals surface area contributed by atoms with Gasteiger partial charge in [-0.3, -0.25) is 4.79 Å². The summed E-state index contributed by atoms with van der Waals surface area (Å²) in [6, 6.07) is 6.22. The number of primary amides is 1. The van der Waals surface area contributed by atoms with Gasteiger partial charge in [0, 0.05) is 36.1 Å². The number of H-pyrrole nitrogens is 1. The largest absolute Gasteiger partial charge is 0.490 e. The molecular formula is C27H33F3N4O5S2. The van der Waals surface area contributed by atoms with Crippen LogP contribution in [0.3, 0.4) is 0 Å². The number of carbonyl (C=O) groups excluding carboxylic acids is 1. The standard InChI is InChI=1S/C25H32N4O3S2.C2HF3O2/c1-2-34(31,32)29-7-5-17(6-8-29)23-14-28-24-21(23)10-18(11-22(24)25(26)30)19-9-20(33-15-19)13-27-12-16-3-4-16;3-2(4,5)1(6)7/h9-11,14-17,27-28H,2-8,12-13H2,1H3,(H2,26,30);(H,6,7). The first kappa shape index (κ1) is 31.0. The number of nitrogens with zero attached hydrogens (tertiary/aromatic N) is 1. The molecule has 224 valence electrons. The zero-order valence-corrected chi connectivity index (χ0v) is 24.1. The predicted molar refractivity (Wildman–Crippen MR) is 151 cm³/mol. The first-order valence-electron chi connectivity index (χ1n) is 13.3. The number of carboxylic acid groups (broad SMARTS) is 1. The van der Waals surface area contributed by atoms with Crippen molar-refractivity contribution in [1.82, 2.24) is 14.6 Å². The van der Waals surface area contributed by atoms with Gasteiger partial charge in [-0.15, -0.1) is 11.3 Å². The molecule has 1 amide bonds. The number of aromatic nitrogens is 1. The van der Waals surface area contributed by atoms with Crippen LogP contribution in [0.1, 0.15) is 59.3 Å². The Morgan fingerprint density at radius 1 is 1.15 bits per heavy atom. The third-order valence-corrected chi connectivity index (χ3v) is 10.2. The second-order valence-electron chi connectivity index (χ2n) is 10.3. The van der Waals surface area contributed by atoms with Gasteiger partial charge >= 0.3 is 12.1 Å². The van der Waals surface area contributed by atoms with E-state index in [2.05, 4.69) is 27.8 Å². The minimum atomic E-state index is -5.08. The SMILES string of the molecule is CCS(=O)(=O)N1CCC(c2c[nH]c3c(C(N)=O)cc(-c4csc(CNCC5CC5)c4)cc23)CC1.O=C(O)C(F)(F)F. The zero-order valence-electron chi connectivity index (χ0n) is 22.5. The lowest BCUT2D eigenvalue weighted by atomic mass is 9.88. The van der Waals surface area contributed by atoms with Gasteiger partial charge in [-0.2, -0.15) is 13.2 Å². The van der Waals surface area contributed by atoms with Crippen LogP contribution in [0.5, 0.6) is 0 Å². The molecule has 0 spiro atoms. The van der Waals surface area contributed by atoms with Crippen molar-refractivity contribution in [1.29, 1.82) is 0 Å². The number of sulfonamides is 1. The number of aromatic amines is 1. The van der Waals surface area contributed by atoms with E-state index in [4.69, 9.17) is 15.6 Å². The van der Waals surface area contributed by atoms with Gasteiger partial charge in [-0.25, -0.2) is 17.5 Å². The highest BCUT2D eigenvalue weighted by atomic mass is 32.2. The van der Waals surface area contributed by atoms with Crippen molar-refractivity contribution in [2.24, 2.45) is 11.7 Å². The Morgan fingerprint density at radius 3 is 2.37 bits per heavy atom. The number of halogens is 3. The minimum absolute atomic E-state index is 0.134. The molecule has 0 unspecified atom stereocenters. The topological polar surface area (TPSA) is 146 Å². The zero-order chi connectivity index (χ0) is 29.9. The number of nitrogens with one attached hydrogen (secondary N) is 2. The van der Waals surface area contributed by atoms with E-state index in [1.165, 1.54) is 17.7 Å². The number of rotatable bonds is 9. The lowest BCUT2D eigenvalue weighted by molar-refractivity contribution is -0.192. The molecule has 0 bridgehead atoms. The van der Waals surface area contributed by atoms with E-state index >= 15 is 0 Å². The molecule has 1 aliphatic heterocycles. The highest BCUT2D eigenvalue weighted by Gasteiger charge is 2.38. The molecule has 5 rings (SSSR count). The molecule has 14 heteroatoms. The highest BCUT2D eigenvalue weighted by molar-refractivity contribution is 7.89. The molecule has 0 atom stereocenters. The Kier molecular flexibility index (Phi) is 9.46. The second-order valence-corrected chi connectivity index (χ2v) is 13.6.